The second-order valence-electron chi connectivity index (χ2n) is 6.87. The first-order valence-electron chi connectivity index (χ1n) is 9.42. The van der Waals surface area contributed by atoms with Crippen molar-refractivity contribution in [2.45, 2.75) is 6.42 Å². The van der Waals surface area contributed by atoms with E-state index in [1.165, 1.54) is 23.1 Å². The minimum absolute atomic E-state index is 0.000577. The molecule has 156 valence electrons. The summed E-state index contributed by atoms with van der Waals surface area (Å²) in [5.41, 5.74) is 0.594. The van der Waals surface area contributed by atoms with Crippen molar-refractivity contribution < 1.29 is 33.0 Å². The minimum atomic E-state index is -0.702. The molecule has 1 fully saturated rings. The van der Waals surface area contributed by atoms with Crippen molar-refractivity contribution in [3.8, 4) is 11.5 Å². The first-order chi connectivity index (χ1) is 14.5. The number of amides is 2. The maximum atomic E-state index is 13.6. The van der Waals surface area contributed by atoms with Gasteiger partial charge in [-0.2, -0.15) is 0 Å². The number of carbonyl (C=O) groups is 3. The van der Waals surface area contributed by atoms with E-state index < -0.39 is 30.2 Å². The second-order valence-corrected chi connectivity index (χ2v) is 6.87. The van der Waals surface area contributed by atoms with Gasteiger partial charge in [0.25, 0.3) is 5.91 Å². The number of benzene rings is 2. The van der Waals surface area contributed by atoms with Crippen LogP contribution < -0.4 is 19.7 Å². The number of halogens is 1. The van der Waals surface area contributed by atoms with E-state index in [-0.39, 0.29) is 24.6 Å². The number of carbonyl (C=O) groups excluding carboxylic acids is 3. The molecule has 0 bridgehead atoms. The summed E-state index contributed by atoms with van der Waals surface area (Å²) in [6, 6.07) is 10.8. The lowest BCUT2D eigenvalue weighted by Crippen LogP contribution is -2.28. The summed E-state index contributed by atoms with van der Waals surface area (Å²) < 4.78 is 29.6. The van der Waals surface area contributed by atoms with E-state index in [0.717, 1.165) is 0 Å². The van der Waals surface area contributed by atoms with Crippen LogP contribution in [0.15, 0.2) is 42.5 Å². The van der Waals surface area contributed by atoms with Crippen LogP contribution in [0.25, 0.3) is 0 Å². The number of fused-ring (bicyclic) bond motifs is 1. The van der Waals surface area contributed by atoms with Crippen molar-refractivity contribution >= 4 is 29.2 Å². The number of ether oxygens (including phenoxy) is 3. The first-order valence-corrected chi connectivity index (χ1v) is 9.42. The van der Waals surface area contributed by atoms with E-state index in [1.807, 2.05) is 0 Å². The molecule has 0 spiro atoms. The highest BCUT2D eigenvalue weighted by Crippen LogP contribution is 2.36. The molecule has 0 unspecified atom stereocenters. The van der Waals surface area contributed by atoms with Crippen molar-refractivity contribution in [1.29, 1.82) is 0 Å². The third kappa shape index (κ3) is 4.19. The molecule has 2 aromatic rings. The van der Waals surface area contributed by atoms with Gasteiger partial charge in [-0.05, 0) is 24.3 Å². The van der Waals surface area contributed by atoms with Crippen LogP contribution in [-0.2, 0) is 19.1 Å². The second kappa shape index (κ2) is 8.40. The lowest BCUT2D eigenvalue weighted by Gasteiger charge is -2.22. The van der Waals surface area contributed by atoms with Crippen LogP contribution in [0.4, 0.5) is 15.8 Å². The average molecular weight is 414 g/mol. The van der Waals surface area contributed by atoms with Crippen LogP contribution in [0.5, 0.6) is 11.5 Å². The number of anilines is 2. The van der Waals surface area contributed by atoms with Gasteiger partial charge in [0.05, 0.1) is 11.6 Å². The molecule has 4 rings (SSSR count). The Balaban J connectivity index is 1.33. The Morgan fingerprint density at radius 1 is 1.13 bits per heavy atom. The van der Waals surface area contributed by atoms with E-state index in [2.05, 4.69) is 5.32 Å². The van der Waals surface area contributed by atoms with E-state index in [4.69, 9.17) is 14.2 Å². The van der Waals surface area contributed by atoms with E-state index in [1.54, 1.807) is 24.3 Å². The zero-order valence-corrected chi connectivity index (χ0v) is 15.9. The standard InChI is InChI=1S/C21H19FN2O6/c22-15-3-1-2-4-16(15)23-19(25)12-30-21(27)13-9-20(26)24(11-13)14-5-6-17-18(10-14)29-8-7-28-17/h1-6,10,13H,7-9,11-12H2,(H,23,25)/t13-/m1/s1. The fourth-order valence-electron chi connectivity index (χ4n) is 3.32. The Bertz CT molecular complexity index is 995. The van der Waals surface area contributed by atoms with E-state index >= 15 is 0 Å². The molecule has 30 heavy (non-hydrogen) atoms. The zero-order chi connectivity index (χ0) is 21.1. The van der Waals surface area contributed by atoms with Crippen LogP contribution in [0, 0.1) is 11.7 Å². The third-order valence-corrected chi connectivity index (χ3v) is 4.79. The molecule has 1 atom stereocenters. The Morgan fingerprint density at radius 2 is 1.90 bits per heavy atom. The van der Waals surface area contributed by atoms with Crippen molar-refractivity contribution in [3.05, 3.63) is 48.3 Å². The predicted molar refractivity (Wildman–Crippen MR) is 104 cm³/mol. The largest absolute Gasteiger partial charge is 0.486 e. The quantitative estimate of drug-likeness (QED) is 0.754. The third-order valence-electron chi connectivity index (χ3n) is 4.79. The predicted octanol–water partition coefficient (Wildman–Crippen LogP) is 2.13. The maximum absolute atomic E-state index is 13.6. The highest BCUT2D eigenvalue weighted by molar-refractivity contribution is 6.00. The highest BCUT2D eigenvalue weighted by atomic mass is 19.1. The first kappa shape index (κ1) is 19.7. The van der Waals surface area contributed by atoms with Gasteiger partial charge in [-0.25, -0.2) is 4.39 Å². The Labute approximate surface area is 171 Å². The topological polar surface area (TPSA) is 94.2 Å². The van der Waals surface area contributed by atoms with Gasteiger partial charge in [0, 0.05) is 24.7 Å². The van der Waals surface area contributed by atoms with Gasteiger partial charge in [0.2, 0.25) is 5.91 Å². The smallest absolute Gasteiger partial charge is 0.311 e. The Kier molecular flexibility index (Phi) is 5.51. The van der Waals surface area contributed by atoms with Crippen molar-refractivity contribution in [3.63, 3.8) is 0 Å². The molecule has 2 heterocycles. The molecule has 0 aromatic heterocycles. The summed E-state index contributed by atoms with van der Waals surface area (Å²) in [5, 5.41) is 2.33. The molecule has 2 aliphatic rings. The van der Waals surface area contributed by atoms with Gasteiger partial charge < -0.3 is 24.4 Å². The molecule has 1 N–H and O–H groups in total. The number of hydrogen-bond donors (Lipinski definition) is 1. The summed E-state index contributed by atoms with van der Waals surface area (Å²) in [4.78, 5) is 38.1. The number of nitrogens with one attached hydrogen (secondary N) is 1. The molecule has 0 radical (unpaired) electrons. The molecular formula is C21H19FN2O6. The molecule has 0 saturated carbocycles. The van der Waals surface area contributed by atoms with Crippen LogP contribution in [0.1, 0.15) is 6.42 Å². The fourth-order valence-corrected chi connectivity index (χ4v) is 3.32. The van der Waals surface area contributed by atoms with Crippen LogP contribution in [0.2, 0.25) is 0 Å². The number of nitrogens with zero attached hydrogens (tertiary/aromatic N) is 1. The van der Waals surface area contributed by atoms with Crippen molar-refractivity contribution in [2.75, 3.05) is 36.6 Å². The van der Waals surface area contributed by atoms with E-state index in [0.29, 0.717) is 30.4 Å². The van der Waals surface area contributed by atoms with Crippen LogP contribution in [0.3, 0.4) is 0 Å². The lowest BCUT2D eigenvalue weighted by atomic mass is 10.1. The van der Waals surface area contributed by atoms with Gasteiger partial charge >= 0.3 is 5.97 Å². The SMILES string of the molecule is O=C(COC(=O)[C@@H]1CC(=O)N(c2ccc3c(c2)OCCO3)C1)Nc1ccccc1F. The number of rotatable bonds is 5. The van der Waals surface area contributed by atoms with Gasteiger partial charge in [-0.15, -0.1) is 0 Å². The van der Waals surface area contributed by atoms with E-state index in [9.17, 15) is 18.8 Å². The highest BCUT2D eigenvalue weighted by Gasteiger charge is 2.36. The summed E-state index contributed by atoms with van der Waals surface area (Å²) in [7, 11) is 0. The number of esters is 1. The molecule has 0 aliphatic carbocycles. The van der Waals surface area contributed by atoms with Gasteiger partial charge in [0.15, 0.2) is 18.1 Å². The maximum Gasteiger partial charge on any atom is 0.311 e. The zero-order valence-electron chi connectivity index (χ0n) is 15.9. The molecule has 8 nitrogen and oxygen atoms in total. The minimum Gasteiger partial charge on any atom is -0.486 e. The van der Waals surface area contributed by atoms with Crippen LogP contribution in [-0.4, -0.2) is 44.1 Å². The van der Waals surface area contributed by atoms with Gasteiger partial charge in [-0.3, -0.25) is 14.4 Å². The molecule has 2 amide bonds. The lowest BCUT2D eigenvalue weighted by molar-refractivity contribution is -0.151. The van der Waals surface area contributed by atoms with Crippen molar-refractivity contribution in [2.24, 2.45) is 5.92 Å². The molecule has 9 heteroatoms. The van der Waals surface area contributed by atoms with Gasteiger partial charge in [-0.1, -0.05) is 12.1 Å². The fraction of sp³-hybridized carbons (Fsp3) is 0.286. The summed E-state index contributed by atoms with van der Waals surface area (Å²) in [6.45, 7) is 0.454. The van der Waals surface area contributed by atoms with Crippen LogP contribution >= 0.6 is 0 Å². The molecular weight excluding hydrogens is 395 g/mol. The van der Waals surface area contributed by atoms with Gasteiger partial charge in [0.1, 0.15) is 19.0 Å². The Hall–Kier alpha value is -3.62. The number of para-hydroxylation sites is 1. The monoisotopic (exact) mass is 414 g/mol. The number of hydrogen-bond acceptors (Lipinski definition) is 6. The summed E-state index contributed by atoms with van der Waals surface area (Å²) >= 11 is 0. The molecule has 2 aliphatic heterocycles. The normalized spacial score (nSPS) is 17.6. The average Bonchev–Trinajstić information content (AvgIpc) is 3.15. The van der Waals surface area contributed by atoms with Crippen molar-refractivity contribution in [1.82, 2.24) is 0 Å². The Morgan fingerprint density at radius 3 is 2.70 bits per heavy atom. The molecule has 2 aromatic carbocycles. The molecule has 1 saturated heterocycles. The summed E-state index contributed by atoms with van der Waals surface area (Å²) in [5.74, 6) is -1.70. The summed E-state index contributed by atoms with van der Waals surface area (Å²) in [6.07, 6.45) is -0.0256.